The van der Waals surface area contributed by atoms with Crippen molar-refractivity contribution in [2.75, 3.05) is 6.61 Å². The highest BCUT2D eigenvalue weighted by molar-refractivity contribution is 5.66. The number of carbonyl (C=O) groups is 1. The third-order valence-corrected chi connectivity index (χ3v) is 1.42. The topological polar surface area (TPSA) is 50.4 Å². The first-order valence-corrected chi connectivity index (χ1v) is 3.60. The van der Waals surface area contributed by atoms with Crippen LogP contribution >= 0.6 is 0 Å². The lowest BCUT2D eigenvalue weighted by Crippen LogP contribution is -2.40. The van der Waals surface area contributed by atoms with Gasteiger partial charge in [0, 0.05) is 0 Å². The van der Waals surface area contributed by atoms with Crippen LogP contribution in [0, 0.1) is 0 Å². The highest BCUT2D eigenvalue weighted by atomic mass is 16.5. The van der Waals surface area contributed by atoms with Crippen LogP contribution < -0.4 is 10.9 Å². The summed E-state index contributed by atoms with van der Waals surface area (Å²) in [5.74, 6) is 0. The van der Waals surface area contributed by atoms with Gasteiger partial charge in [-0.2, -0.15) is 0 Å². The molecule has 1 atom stereocenters. The van der Waals surface area contributed by atoms with Crippen LogP contribution in [0.3, 0.4) is 0 Å². The van der Waals surface area contributed by atoms with Crippen molar-refractivity contribution in [3.8, 4) is 0 Å². The van der Waals surface area contributed by atoms with Crippen molar-refractivity contribution in [3.05, 3.63) is 11.6 Å². The minimum atomic E-state index is -0.430. The molecule has 1 aliphatic carbocycles. The number of hydrogen-bond acceptors (Lipinski definition) is 3. The Balaban J connectivity index is 1.99. The molecule has 0 bridgehead atoms. The first kappa shape index (κ1) is 8.07. The highest BCUT2D eigenvalue weighted by Crippen LogP contribution is 2.16. The quantitative estimate of drug-likeness (QED) is 0.464. The molecule has 4 heteroatoms. The Morgan fingerprint density at radius 3 is 2.91 bits per heavy atom. The number of ether oxygens (including phenoxy) is 1. The van der Waals surface area contributed by atoms with Crippen molar-refractivity contribution < 1.29 is 9.53 Å². The summed E-state index contributed by atoms with van der Waals surface area (Å²) in [5.41, 5.74) is 6.42. The summed E-state index contributed by atoms with van der Waals surface area (Å²) in [6, 6.07) is 0.236. The van der Waals surface area contributed by atoms with E-state index in [1.807, 2.05) is 13.0 Å². The summed E-state index contributed by atoms with van der Waals surface area (Å²) in [6.07, 6.45) is 1.58. The Morgan fingerprint density at radius 1 is 1.82 bits per heavy atom. The van der Waals surface area contributed by atoms with Gasteiger partial charge in [-0.05, 0) is 13.8 Å². The molecule has 0 heterocycles. The third-order valence-electron chi connectivity index (χ3n) is 1.42. The van der Waals surface area contributed by atoms with Crippen LogP contribution in [0.2, 0.25) is 0 Å². The van der Waals surface area contributed by atoms with E-state index >= 15 is 0 Å². The number of amides is 1. The smallest absolute Gasteiger partial charge is 0.421 e. The van der Waals surface area contributed by atoms with E-state index in [1.165, 1.54) is 5.57 Å². The zero-order chi connectivity index (χ0) is 8.27. The van der Waals surface area contributed by atoms with Crippen molar-refractivity contribution in [2.24, 2.45) is 0 Å². The van der Waals surface area contributed by atoms with Gasteiger partial charge < -0.3 is 4.74 Å². The molecule has 0 saturated carbocycles. The molecule has 0 saturated heterocycles. The highest BCUT2D eigenvalue weighted by Gasteiger charge is 2.19. The van der Waals surface area contributed by atoms with E-state index in [0.29, 0.717) is 6.61 Å². The number of hydrazine groups is 1. The molecule has 2 N–H and O–H groups in total. The number of nitrogens with one attached hydrogen (secondary N) is 2. The molecule has 0 spiro atoms. The number of hydrogen-bond donors (Lipinski definition) is 2. The molecule has 62 valence electrons. The Morgan fingerprint density at radius 2 is 2.45 bits per heavy atom. The summed E-state index contributed by atoms with van der Waals surface area (Å²) >= 11 is 0. The minimum absolute atomic E-state index is 0.236. The third kappa shape index (κ3) is 2.59. The summed E-state index contributed by atoms with van der Waals surface area (Å²) in [6.45, 7) is 4.15. The minimum Gasteiger partial charge on any atom is -0.449 e. The molecule has 0 aromatic heterocycles. The lowest BCUT2D eigenvalue weighted by atomic mass is 10.5. The average Bonchev–Trinajstić information content (AvgIpc) is 2.63. The average molecular weight is 156 g/mol. The molecule has 4 nitrogen and oxygen atoms in total. The van der Waals surface area contributed by atoms with Gasteiger partial charge in [0.15, 0.2) is 0 Å². The molecule has 0 aliphatic heterocycles. The van der Waals surface area contributed by atoms with E-state index < -0.39 is 6.09 Å². The second kappa shape index (κ2) is 3.39. The zero-order valence-electron chi connectivity index (χ0n) is 6.68. The van der Waals surface area contributed by atoms with E-state index in [-0.39, 0.29) is 6.04 Å². The summed E-state index contributed by atoms with van der Waals surface area (Å²) in [5, 5.41) is 0. The van der Waals surface area contributed by atoms with Crippen LogP contribution in [0.4, 0.5) is 4.79 Å². The van der Waals surface area contributed by atoms with Crippen LogP contribution in [-0.4, -0.2) is 18.7 Å². The molecular weight excluding hydrogens is 144 g/mol. The maximum absolute atomic E-state index is 10.7. The van der Waals surface area contributed by atoms with Gasteiger partial charge in [0.1, 0.15) is 0 Å². The van der Waals surface area contributed by atoms with Gasteiger partial charge in [0.25, 0.3) is 0 Å². The Hall–Kier alpha value is -1.03. The molecule has 11 heavy (non-hydrogen) atoms. The van der Waals surface area contributed by atoms with Crippen LogP contribution in [-0.2, 0) is 4.74 Å². The largest absolute Gasteiger partial charge is 0.449 e. The predicted molar refractivity (Wildman–Crippen MR) is 40.8 cm³/mol. The van der Waals surface area contributed by atoms with Gasteiger partial charge in [-0.15, -0.1) is 0 Å². The van der Waals surface area contributed by atoms with Crippen LogP contribution in [0.15, 0.2) is 11.6 Å². The second-order valence-corrected chi connectivity index (χ2v) is 2.38. The van der Waals surface area contributed by atoms with Gasteiger partial charge >= 0.3 is 6.09 Å². The molecule has 0 fully saturated rings. The van der Waals surface area contributed by atoms with Crippen molar-refractivity contribution in [2.45, 2.75) is 19.9 Å². The zero-order valence-corrected chi connectivity index (χ0v) is 6.68. The fourth-order valence-electron chi connectivity index (χ4n) is 0.674. The molecule has 1 unspecified atom stereocenters. The second-order valence-electron chi connectivity index (χ2n) is 2.38. The summed E-state index contributed by atoms with van der Waals surface area (Å²) in [7, 11) is 0. The fourth-order valence-corrected chi connectivity index (χ4v) is 0.674. The Kier molecular flexibility index (Phi) is 2.48. The molecule has 1 amide bonds. The van der Waals surface area contributed by atoms with E-state index in [2.05, 4.69) is 15.6 Å². The number of rotatable bonds is 3. The van der Waals surface area contributed by atoms with Crippen molar-refractivity contribution in [1.29, 1.82) is 0 Å². The standard InChI is InChI=1S/C7H12N2O2/c1-3-11-7(10)9-8-6-4-5(6)2/h4,6,8H,3H2,1-2H3,(H,9,10). The first-order valence-electron chi connectivity index (χ1n) is 3.60. The summed E-state index contributed by atoms with van der Waals surface area (Å²) < 4.78 is 4.62. The molecular formula is C7H12N2O2. The monoisotopic (exact) mass is 156 g/mol. The van der Waals surface area contributed by atoms with Crippen molar-refractivity contribution >= 4 is 6.09 Å². The normalized spacial score (nSPS) is 20.5. The maximum Gasteiger partial charge on any atom is 0.421 e. The Labute approximate surface area is 65.6 Å². The lowest BCUT2D eigenvalue weighted by molar-refractivity contribution is 0.147. The van der Waals surface area contributed by atoms with Gasteiger partial charge in [-0.25, -0.2) is 10.2 Å². The van der Waals surface area contributed by atoms with Gasteiger partial charge in [0.05, 0.1) is 12.6 Å². The number of carbonyl (C=O) groups excluding carboxylic acids is 1. The van der Waals surface area contributed by atoms with E-state index in [1.54, 1.807) is 6.92 Å². The van der Waals surface area contributed by atoms with E-state index in [0.717, 1.165) is 0 Å². The van der Waals surface area contributed by atoms with Crippen molar-refractivity contribution in [3.63, 3.8) is 0 Å². The SMILES string of the molecule is CCOC(=O)NNC1C=C1C. The van der Waals surface area contributed by atoms with Gasteiger partial charge in [0.2, 0.25) is 0 Å². The van der Waals surface area contributed by atoms with Crippen LogP contribution in [0.5, 0.6) is 0 Å². The molecule has 1 rings (SSSR count). The predicted octanol–water partition coefficient (Wildman–Crippen LogP) is 0.566. The fraction of sp³-hybridized carbons (Fsp3) is 0.571. The molecule has 0 radical (unpaired) electrons. The van der Waals surface area contributed by atoms with Gasteiger partial charge in [-0.3, -0.25) is 5.43 Å². The van der Waals surface area contributed by atoms with Crippen LogP contribution in [0.25, 0.3) is 0 Å². The van der Waals surface area contributed by atoms with E-state index in [9.17, 15) is 4.79 Å². The van der Waals surface area contributed by atoms with Crippen molar-refractivity contribution in [1.82, 2.24) is 10.9 Å². The maximum atomic E-state index is 10.7. The lowest BCUT2D eigenvalue weighted by Gasteiger charge is -2.05. The van der Waals surface area contributed by atoms with Gasteiger partial charge in [-0.1, -0.05) is 11.6 Å². The summed E-state index contributed by atoms with van der Waals surface area (Å²) in [4.78, 5) is 10.7. The molecule has 0 aromatic rings. The first-order chi connectivity index (χ1) is 5.24. The van der Waals surface area contributed by atoms with Crippen LogP contribution in [0.1, 0.15) is 13.8 Å². The molecule has 0 aromatic carbocycles. The Bertz CT molecular complexity index is 189. The molecule has 1 aliphatic rings. The van der Waals surface area contributed by atoms with E-state index in [4.69, 9.17) is 0 Å².